The second kappa shape index (κ2) is 4.91. The summed E-state index contributed by atoms with van der Waals surface area (Å²) < 4.78 is 5.02. The van der Waals surface area contributed by atoms with Crippen molar-refractivity contribution in [1.29, 1.82) is 0 Å². The monoisotopic (exact) mass is 158 g/mol. The molecule has 0 heterocycles. The predicted molar refractivity (Wildman–Crippen MR) is 42.5 cm³/mol. The Balaban J connectivity index is 3.70. The Labute approximate surface area is 66.7 Å². The molecular weight excluding hydrogens is 144 g/mol. The van der Waals surface area contributed by atoms with E-state index in [4.69, 9.17) is 9.84 Å². The van der Waals surface area contributed by atoms with Crippen LogP contribution in [0.4, 0.5) is 0 Å². The highest BCUT2D eigenvalue weighted by molar-refractivity contribution is 5.72. The lowest BCUT2D eigenvalue weighted by atomic mass is 10.3. The van der Waals surface area contributed by atoms with Crippen LogP contribution in [0.2, 0.25) is 0 Å². The lowest BCUT2D eigenvalue weighted by Crippen LogP contribution is -2.23. The summed E-state index contributed by atoms with van der Waals surface area (Å²) in [5, 5.41) is 8.53. The number of rotatable bonds is 5. The number of carboxylic acid groups (broad SMARTS) is 1. The zero-order valence-electron chi connectivity index (χ0n) is 6.96. The van der Waals surface area contributed by atoms with E-state index in [1.54, 1.807) is 13.8 Å². The van der Waals surface area contributed by atoms with Gasteiger partial charge >= 0.3 is 5.97 Å². The zero-order chi connectivity index (χ0) is 8.85. The summed E-state index contributed by atoms with van der Waals surface area (Å²) in [6.45, 7) is 7.50. The number of hydrogen-bond acceptors (Lipinski definition) is 2. The van der Waals surface area contributed by atoms with Gasteiger partial charge in [0.05, 0.1) is 6.61 Å². The van der Waals surface area contributed by atoms with Gasteiger partial charge in [-0.25, -0.2) is 4.79 Å². The Morgan fingerprint density at radius 1 is 1.73 bits per heavy atom. The van der Waals surface area contributed by atoms with Crippen molar-refractivity contribution < 1.29 is 14.6 Å². The molecule has 0 fully saturated rings. The third-order valence-corrected chi connectivity index (χ3v) is 1.18. The second-order valence-corrected chi connectivity index (χ2v) is 2.50. The van der Waals surface area contributed by atoms with Crippen molar-refractivity contribution in [1.82, 2.24) is 0 Å². The summed E-state index contributed by atoms with van der Waals surface area (Å²) >= 11 is 0. The van der Waals surface area contributed by atoms with E-state index in [-0.39, 0.29) is 0 Å². The highest BCUT2D eigenvalue weighted by Crippen LogP contribution is 2.00. The fourth-order valence-corrected chi connectivity index (χ4v) is 0.607. The molecule has 0 aliphatic rings. The highest BCUT2D eigenvalue weighted by atomic mass is 16.5. The summed E-state index contributed by atoms with van der Waals surface area (Å²) in [5.74, 6) is -0.909. The van der Waals surface area contributed by atoms with E-state index in [0.717, 1.165) is 5.57 Å². The third kappa shape index (κ3) is 4.56. The maximum absolute atomic E-state index is 10.4. The SMILES string of the molecule is C=C(C)COC(CC)C(=O)O. The predicted octanol–water partition coefficient (Wildman–Crippen LogP) is 1.44. The van der Waals surface area contributed by atoms with E-state index in [0.29, 0.717) is 13.0 Å². The molecule has 3 heteroatoms. The van der Waals surface area contributed by atoms with E-state index in [2.05, 4.69) is 6.58 Å². The first-order chi connectivity index (χ1) is 5.07. The van der Waals surface area contributed by atoms with Gasteiger partial charge in [0.1, 0.15) is 0 Å². The van der Waals surface area contributed by atoms with Gasteiger partial charge in [-0.05, 0) is 13.3 Å². The van der Waals surface area contributed by atoms with Gasteiger partial charge in [-0.15, -0.1) is 0 Å². The molecule has 3 nitrogen and oxygen atoms in total. The number of carboxylic acids is 1. The van der Waals surface area contributed by atoms with Gasteiger partial charge in [-0.3, -0.25) is 0 Å². The smallest absolute Gasteiger partial charge is 0.332 e. The first-order valence-electron chi connectivity index (χ1n) is 3.56. The van der Waals surface area contributed by atoms with Gasteiger partial charge in [0.25, 0.3) is 0 Å². The third-order valence-electron chi connectivity index (χ3n) is 1.18. The van der Waals surface area contributed by atoms with Crippen LogP contribution in [0, 0.1) is 0 Å². The summed E-state index contributed by atoms with van der Waals surface area (Å²) in [4.78, 5) is 10.4. The standard InChI is InChI=1S/C8H14O3/c1-4-7(8(9)10)11-5-6(2)3/h7H,2,4-5H2,1,3H3,(H,9,10). The quantitative estimate of drug-likeness (QED) is 0.616. The fourth-order valence-electron chi connectivity index (χ4n) is 0.607. The molecule has 1 N–H and O–H groups in total. The molecule has 0 spiro atoms. The van der Waals surface area contributed by atoms with Gasteiger partial charge in [-0.1, -0.05) is 19.1 Å². The van der Waals surface area contributed by atoms with E-state index < -0.39 is 12.1 Å². The molecular formula is C8H14O3. The van der Waals surface area contributed by atoms with Gasteiger partial charge in [0.2, 0.25) is 0 Å². The fraction of sp³-hybridized carbons (Fsp3) is 0.625. The minimum Gasteiger partial charge on any atom is -0.479 e. The average molecular weight is 158 g/mol. The number of carbonyl (C=O) groups is 1. The molecule has 0 rings (SSSR count). The van der Waals surface area contributed by atoms with Crippen LogP contribution in [0.1, 0.15) is 20.3 Å². The topological polar surface area (TPSA) is 46.5 Å². The first kappa shape index (κ1) is 10.2. The largest absolute Gasteiger partial charge is 0.479 e. The Kier molecular flexibility index (Phi) is 4.54. The van der Waals surface area contributed by atoms with Crippen molar-refractivity contribution in [2.75, 3.05) is 6.61 Å². The van der Waals surface area contributed by atoms with Crippen molar-refractivity contribution in [2.24, 2.45) is 0 Å². The lowest BCUT2D eigenvalue weighted by Gasteiger charge is -2.10. The Bertz CT molecular complexity index is 151. The summed E-state index contributed by atoms with van der Waals surface area (Å²) in [6, 6.07) is 0. The molecule has 1 unspecified atom stereocenters. The minimum absolute atomic E-state index is 0.324. The lowest BCUT2D eigenvalue weighted by molar-refractivity contribution is -0.149. The van der Waals surface area contributed by atoms with Gasteiger partial charge < -0.3 is 9.84 Å². The molecule has 0 radical (unpaired) electrons. The van der Waals surface area contributed by atoms with Gasteiger partial charge in [-0.2, -0.15) is 0 Å². The number of aliphatic carboxylic acids is 1. The van der Waals surface area contributed by atoms with E-state index in [9.17, 15) is 4.79 Å². The minimum atomic E-state index is -0.909. The van der Waals surface area contributed by atoms with Crippen LogP contribution in [0.3, 0.4) is 0 Å². The average Bonchev–Trinajstić information content (AvgIpc) is 1.87. The molecule has 0 aliphatic heterocycles. The van der Waals surface area contributed by atoms with Crippen LogP contribution in [-0.4, -0.2) is 23.8 Å². The number of hydrogen-bond donors (Lipinski definition) is 1. The molecule has 11 heavy (non-hydrogen) atoms. The first-order valence-corrected chi connectivity index (χ1v) is 3.56. The van der Waals surface area contributed by atoms with Crippen LogP contribution in [0.5, 0.6) is 0 Å². The molecule has 0 amide bonds. The molecule has 0 aliphatic carbocycles. The normalized spacial score (nSPS) is 12.5. The van der Waals surface area contributed by atoms with E-state index >= 15 is 0 Å². The zero-order valence-corrected chi connectivity index (χ0v) is 6.96. The van der Waals surface area contributed by atoms with Crippen molar-refractivity contribution in [2.45, 2.75) is 26.4 Å². The van der Waals surface area contributed by atoms with Gasteiger partial charge in [0.15, 0.2) is 6.10 Å². The van der Waals surface area contributed by atoms with Crippen molar-refractivity contribution in [3.8, 4) is 0 Å². The van der Waals surface area contributed by atoms with Crippen molar-refractivity contribution >= 4 is 5.97 Å². The van der Waals surface area contributed by atoms with Crippen molar-refractivity contribution in [3.63, 3.8) is 0 Å². The second-order valence-electron chi connectivity index (χ2n) is 2.50. The van der Waals surface area contributed by atoms with Crippen LogP contribution in [0.15, 0.2) is 12.2 Å². The molecule has 0 saturated heterocycles. The van der Waals surface area contributed by atoms with Crippen molar-refractivity contribution in [3.05, 3.63) is 12.2 Å². The highest BCUT2D eigenvalue weighted by Gasteiger charge is 2.14. The Morgan fingerprint density at radius 3 is 2.55 bits per heavy atom. The maximum Gasteiger partial charge on any atom is 0.332 e. The van der Waals surface area contributed by atoms with Gasteiger partial charge in [0, 0.05) is 0 Å². The Hall–Kier alpha value is -0.830. The van der Waals surface area contributed by atoms with Crippen LogP contribution in [-0.2, 0) is 9.53 Å². The van der Waals surface area contributed by atoms with E-state index in [1.807, 2.05) is 0 Å². The van der Waals surface area contributed by atoms with Crippen LogP contribution < -0.4 is 0 Å². The molecule has 64 valence electrons. The molecule has 1 atom stereocenters. The molecule has 0 aromatic rings. The molecule has 0 bridgehead atoms. The Morgan fingerprint density at radius 2 is 2.27 bits per heavy atom. The molecule has 0 aromatic heterocycles. The summed E-state index contributed by atoms with van der Waals surface area (Å²) in [6.07, 6.45) is -0.200. The summed E-state index contributed by atoms with van der Waals surface area (Å²) in [7, 11) is 0. The summed E-state index contributed by atoms with van der Waals surface area (Å²) in [5.41, 5.74) is 0.838. The van der Waals surface area contributed by atoms with Crippen LogP contribution >= 0.6 is 0 Å². The molecule has 0 aromatic carbocycles. The molecule has 0 saturated carbocycles. The maximum atomic E-state index is 10.4. The number of ether oxygens (including phenoxy) is 1. The van der Waals surface area contributed by atoms with E-state index in [1.165, 1.54) is 0 Å². The van der Waals surface area contributed by atoms with Crippen LogP contribution in [0.25, 0.3) is 0 Å².